The van der Waals surface area contributed by atoms with E-state index in [0.717, 1.165) is 5.69 Å². The van der Waals surface area contributed by atoms with Crippen molar-refractivity contribution in [2.45, 2.75) is 25.9 Å². The molecule has 0 radical (unpaired) electrons. The van der Waals surface area contributed by atoms with Gasteiger partial charge in [0, 0.05) is 17.8 Å². The van der Waals surface area contributed by atoms with Crippen molar-refractivity contribution in [2.24, 2.45) is 0 Å². The molecular weight excluding hydrogens is 259 g/mol. The third-order valence-corrected chi connectivity index (χ3v) is 3.18. The lowest BCUT2D eigenvalue weighted by Crippen LogP contribution is -2.24. The molecule has 20 heavy (non-hydrogen) atoms. The number of rotatable bonds is 5. The van der Waals surface area contributed by atoms with Crippen LogP contribution >= 0.6 is 0 Å². The molecular formula is C14H19FN4O. The van der Waals surface area contributed by atoms with Gasteiger partial charge in [0.25, 0.3) is 0 Å². The van der Waals surface area contributed by atoms with E-state index in [-0.39, 0.29) is 17.9 Å². The molecule has 0 aromatic carbocycles. The molecule has 0 aliphatic rings. The highest BCUT2D eigenvalue weighted by Crippen LogP contribution is 2.32. The number of nitrogens with one attached hydrogen (secondary N) is 1. The number of ether oxygens (including phenoxy) is 1. The van der Waals surface area contributed by atoms with E-state index in [1.54, 1.807) is 32.6 Å². The Morgan fingerprint density at radius 2 is 2.10 bits per heavy atom. The summed E-state index contributed by atoms with van der Waals surface area (Å²) >= 11 is 0. The summed E-state index contributed by atoms with van der Waals surface area (Å²) in [4.78, 5) is 3.79. The number of halogens is 1. The van der Waals surface area contributed by atoms with Crippen molar-refractivity contribution < 1.29 is 9.13 Å². The Bertz CT molecular complexity index is 582. The van der Waals surface area contributed by atoms with Gasteiger partial charge in [0.15, 0.2) is 5.75 Å². The Labute approximate surface area is 117 Å². The quantitative estimate of drug-likeness (QED) is 0.912. The zero-order valence-corrected chi connectivity index (χ0v) is 12.1. The summed E-state index contributed by atoms with van der Waals surface area (Å²) in [6.07, 6.45) is 4.44. The Balaban J connectivity index is 2.57. The Morgan fingerprint density at radius 1 is 1.35 bits per heavy atom. The summed E-state index contributed by atoms with van der Waals surface area (Å²) < 4.78 is 21.2. The topological polar surface area (TPSA) is 52.0 Å². The SMILES string of the molecule is CNC(c1ccncc1F)c1c(OC)cnn1C(C)C. The highest BCUT2D eigenvalue weighted by atomic mass is 19.1. The smallest absolute Gasteiger partial charge is 0.161 e. The van der Waals surface area contributed by atoms with Crippen molar-refractivity contribution in [3.05, 3.63) is 41.7 Å². The van der Waals surface area contributed by atoms with E-state index >= 15 is 0 Å². The Kier molecular flexibility index (Phi) is 4.34. The first-order valence-corrected chi connectivity index (χ1v) is 6.48. The third-order valence-electron chi connectivity index (χ3n) is 3.18. The number of pyridine rings is 1. The summed E-state index contributed by atoms with van der Waals surface area (Å²) in [5, 5.41) is 7.45. The minimum atomic E-state index is -0.356. The van der Waals surface area contributed by atoms with Crippen LogP contribution in [0.25, 0.3) is 0 Å². The van der Waals surface area contributed by atoms with Crippen molar-refractivity contribution >= 4 is 0 Å². The van der Waals surface area contributed by atoms with Gasteiger partial charge in [-0.1, -0.05) is 0 Å². The minimum absolute atomic E-state index is 0.148. The standard InChI is InChI=1S/C14H19FN4O/c1-9(2)19-14(12(20-4)8-18-19)13(16-3)10-5-6-17-7-11(10)15/h5-9,13,16H,1-4H3. The highest BCUT2D eigenvalue weighted by Gasteiger charge is 2.25. The van der Waals surface area contributed by atoms with Crippen LogP contribution in [0, 0.1) is 5.82 Å². The van der Waals surface area contributed by atoms with Crippen LogP contribution < -0.4 is 10.1 Å². The predicted molar refractivity (Wildman–Crippen MR) is 74.3 cm³/mol. The lowest BCUT2D eigenvalue weighted by Gasteiger charge is -2.21. The second-order valence-corrected chi connectivity index (χ2v) is 4.76. The first-order valence-electron chi connectivity index (χ1n) is 6.48. The van der Waals surface area contributed by atoms with Gasteiger partial charge < -0.3 is 10.1 Å². The van der Waals surface area contributed by atoms with Crippen LogP contribution in [0.1, 0.15) is 37.2 Å². The van der Waals surface area contributed by atoms with E-state index in [1.165, 1.54) is 6.20 Å². The molecule has 1 atom stereocenters. The van der Waals surface area contributed by atoms with Crippen LogP contribution in [0.3, 0.4) is 0 Å². The Hall–Kier alpha value is -1.95. The van der Waals surface area contributed by atoms with Gasteiger partial charge in [-0.2, -0.15) is 5.10 Å². The summed E-state index contributed by atoms with van der Waals surface area (Å²) in [6.45, 7) is 4.04. The van der Waals surface area contributed by atoms with E-state index in [4.69, 9.17) is 4.74 Å². The van der Waals surface area contributed by atoms with E-state index in [9.17, 15) is 4.39 Å². The van der Waals surface area contributed by atoms with E-state index in [0.29, 0.717) is 11.3 Å². The molecule has 0 amide bonds. The van der Waals surface area contributed by atoms with E-state index < -0.39 is 0 Å². The maximum absolute atomic E-state index is 14.0. The molecule has 0 fully saturated rings. The lowest BCUT2D eigenvalue weighted by molar-refractivity contribution is 0.394. The van der Waals surface area contributed by atoms with Gasteiger partial charge in [0.05, 0.1) is 25.5 Å². The average molecular weight is 278 g/mol. The molecule has 2 aromatic heterocycles. The van der Waals surface area contributed by atoms with Crippen LogP contribution in [0.4, 0.5) is 4.39 Å². The van der Waals surface area contributed by atoms with Crippen LogP contribution in [-0.2, 0) is 0 Å². The number of hydrogen-bond acceptors (Lipinski definition) is 4. The minimum Gasteiger partial charge on any atom is -0.493 e. The molecule has 1 unspecified atom stereocenters. The fourth-order valence-corrected chi connectivity index (χ4v) is 2.26. The highest BCUT2D eigenvalue weighted by molar-refractivity contribution is 5.36. The van der Waals surface area contributed by atoms with Crippen LogP contribution in [0.5, 0.6) is 5.75 Å². The van der Waals surface area contributed by atoms with Crippen LogP contribution in [0.15, 0.2) is 24.7 Å². The molecule has 108 valence electrons. The van der Waals surface area contributed by atoms with Gasteiger partial charge in [0.2, 0.25) is 0 Å². The second-order valence-electron chi connectivity index (χ2n) is 4.76. The largest absolute Gasteiger partial charge is 0.493 e. The molecule has 0 aliphatic carbocycles. The summed E-state index contributed by atoms with van der Waals surface area (Å²) in [5.41, 5.74) is 1.32. The van der Waals surface area contributed by atoms with Crippen molar-refractivity contribution in [3.8, 4) is 5.75 Å². The molecule has 1 N–H and O–H groups in total. The monoisotopic (exact) mass is 278 g/mol. The summed E-state index contributed by atoms with van der Waals surface area (Å²) in [7, 11) is 3.36. The van der Waals surface area contributed by atoms with Crippen LogP contribution in [-0.4, -0.2) is 28.9 Å². The molecule has 0 saturated carbocycles. The van der Waals surface area contributed by atoms with Gasteiger partial charge in [-0.25, -0.2) is 4.39 Å². The van der Waals surface area contributed by atoms with Gasteiger partial charge in [-0.05, 0) is 27.0 Å². The zero-order valence-electron chi connectivity index (χ0n) is 12.1. The predicted octanol–water partition coefficient (Wildman–Crippen LogP) is 2.32. The lowest BCUT2D eigenvalue weighted by atomic mass is 10.0. The van der Waals surface area contributed by atoms with Crippen LogP contribution in [0.2, 0.25) is 0 Å². The fraction of sp³-hybridized carbons (Fsp3) is 0.429. The first-order chi connectivity index (χ1) is 9.60. The Morgan fingerprint density at radius 3 is 2.65 bits per heavy atom. The molecule has 0 bridgehead atoms. The molecule has 2 heterocycles. The molecule has 0 aliphatic heterocycles. The normalized spacial score (nSPS) is 12.7. The van der Waals surface area contributed by atoms with Crippen molar-refractivity contribution in [1.82, 2.24) is 20.1 Å². The zero-order chi connectivity index (χ0) is 14.7. The summed E-state index contributed by atoms with van der Waals surface area (Å²) in [5.74, 6) is 0.277. The van der Waals surface area contributed by atoms with E-state index in [2.05, 4.69) is 15.4 Å². The number of nitrogens with zero attached hydrogens (tertiary/aromatic N) is 3. The molecule has 5 nitrogen and oxygen atoms in total. The third kappa shape index (κ3) is 2.51. The molecule has 6 heteroatoms. The fourth-order valence-electron chi connectivity index (χ4n) is 2.26. The number of hydrogen-bond donors (Lipinski definition) is 1. The first kappa shape index (κ1) is 14.5. The van der Waals surface area contributed by atoms with Gasteiger partial charge in [-0.3, -0.25) is 9.67 Å². The maximum Gasteiger partial charge on any atom is 0.161 e. The molecule has 0 spiro atoms. The second kappa shape index (κ2) is 6.00. The number of aromatic nitrogens is 3. The molecule has 2 aromatic rings. The van der Waals surface area contributed by atoms with Crippen molar-refractivity contribution in [1.29, 1.82) is 0 Å². The van der Waals surface area contributed by atoms with E-state index in [1.807, 2.05) is 18.5 Å². The van der Waals surface area contributed by atoms with Gasteiger partial charge in [0.1, 0.15) is 11.5 Å². The molecule has 2 rings (SSSR count). The average Bonchev–Trinajstić information content (AvgIpc) is 2.86. The van der Waals surface area contributed by atoms with Crippen molar-refractivity contribution in [3.63, 3.8) is 0 Å². The number of methoxy groups -OCH3 is 1. The van der Waals surface area contributed by atoms with Gasteiger partial charge >= 0.3 is 0 Å². The summed E-state index contributed by atoms with van der Waals surface area (Å²) in [6, 6.07) is 1.46. The maximum atomic E-state index is 14.0. The van der Waals surface area contributed by atoms with Crippen molar-refractivity contribution in [2.75, 3.05) is 14.2 Å². The molecule has 0 saturated heterocycles. The van der Waals surface area contributed by atoms with Gasteiger partial charge in [-0.15, -0.1) is 0 Å².